The zero-order valence-corrected chi connectivity index (χ0v) is 17.0. The molecule has 30 heavy (non-hydrogen) atoms. The van der Waals surface area contributed by atoms with Gasteiger partial charge in [0, 0.05) is 11.1 Å². The van der Waals surface area contributed by atoms with Crippen LogP contribution in [0.5, 0.6) is 0 Å². The number of aryl methyl sites for hydroxylation is 1. The Balaban J connectivity index is 1.44. The van der Waals surface area contributed by atoms with E-state index in [-0.39, 0.29) is 11.7 Å². The molecule has 0 unspecified atom stereocenters. The van der Waals surface area contributed by atoms with E-state index in [2.05, 4.69) is 6.08 Å². The van der Waals surface area contributed by atoms with Gasteiger partial charge in [-0.3, -0.25) is 0 Å². The standard InChI is InChI=1S/C27H25F3/c1-18-7-11-22(25(28)17-18)14-10-19-8-12-21(13-9-19)24-16-15-23(26(29)27(24)30)20-5-3-2-4-6-20/h2-7,10-11,14-17,19,21H,8-9,12-13H2,1H3/b14-10+. The fraction of sp³-hybridized carbons (Fsp3) is 0.259. The van der Waals surface area contributed by atoms with Crippen LogP contribution in [0.2, 0.25) is 0 Å². The molecule has 0 aliphatic heterocycles. The highest BCUT2D eigenvalue weighted by Crippen LogP contribution is 2.39. The van der Waals surface area contributed by atoms with Crippen molar-refractivity contribution in [1.29, 1.82) is 0 Å². The summed E-state index contributed by atoms with van der Waals surface area (Å²) >= 11 is 0. The minimum atomic E-state index is -0.768. The molecule has 154 valence electrons. The number of rotatable bonds is 4. The summed E-state index contributed by atoms with van der Waals surface area (Å²) in [6.07, 6.45) is 7.26. The predicted octanol–water partition coefficient (Wildman–Crippen LogP) is 8.07. The molecule has 0 saturated heterocycles. The second-order valence-electron chi connectivity index (χ2n) is 8.19. The summed E-state index contributed by atoms with van der Waals surface area (Å²) in [5, 5.41) is 0. The first-order chi connectivity index (χ1) is 14.5. The maximum atomic E-state index is 14.8. The van der Waals surface area contributed by atoms with Crippen molar-refractivity contribution in [2.24, 2.45) is 5.92 Å². The van der Waals surface area contributed by atoms with Crippen molar-refractivity contribution in [2.45, 2.75) is 38.5 Å². The van der Waals surface area contributed by atoms with Crippen molar-refractivity contribution in [2.75, 3.05) is 0 Å². The van der Waals surface area contributed by atoms with Gasteiger partial charge in [0.05, 0.1) is 0 Å². The first-order valence-corrected chi connectivity index (χ1v) is 10.5. The second kappa shape index (κ2) is 8.91. The van der Waals surface area contributed by atoms with Crippen LogP contribution in [0.15, 0.2) is 66.7 Å². The third-order valence-electron chi connectivity index (χ3n) is 6.11. The summed E-state index contributed by atoms with van der Waals surface area (Å²) in [4.78, 5) is 0. The summed E-state index contributed by atoms with van der Waals surface area (Å²) in [7, 11) is 0. The molecule has 3 heteroatoms. The average Bonchev–Trinajstić information content (AvgIpc) is 2.76. The van der Waals surface area contributed by atoms with Crippen molar-refractivity contribution >= 4 is 6.08 Å². The molecule has 1 aliphatic carbocycles. The molecule has 0 nitrogen and oxygen atoms in total. The first kappa shape index (κ1) is 20.5. The topological polar surface area (TPSA) is 0 Å². The van der Waals surface area contributed by atoms with Crippen molar-refractivity contribution < 1.29 is 13.2 Å². The Morgan fingerprint density at radius 2 is 1.53 bits per heavy atom. The van der Waals surface area contributed by atoms with Crippen LogP contribution in [-0.2, 0) is 0 Å². The van der Waals surface area contributed by atoms with E-state index in [0.717, 1.165) is 31.2 Å². The molecule has 1 fully saturated rings. The Labute approximate surface area is 176 Å². The van der Waals surface area contributed by atoms with Gasteiger partial charge in [-0.15, -0.1) is 0 Å². The molecule has 4 rings (SSSR count). The van der Waals surface area contributed by atoms with Gasteiger partial charge in [0.2, 0.25) is 0 Å². The molecule has 0 bridgehead atoms. The Morgan fingerprint density at radius 1 is 0.800 bits per heavy atom. The number of allylic oxidation sites excluding steroid dienone is 1. The molecule has 0 amide bonds. The Bertz CT molecular complexity index is 1050. The third kappa shape index (κ3) is 4.35. The number of hydrogen-bond acceptors (Lipinski definition) is 0. The van der Waals surface area contributed by atoms with Gasteiger partial charge in [-0.05, 0) is 67.2 Å². The molecular formula is C27H25F3. The maximum absolute atomic E-state index is 14.8. The first-order valence-electron chi connectivity index (χ1n) is 10.5. The van der Waals surface area contributed by atoms with Crippen LogP contribution in [-0.4, -0.2) is 0 Å². The van der Waals surface area contributed by atoms with Gasteiger partial charge >= 0.3 is 0 Å². The summed E-state index contributed by atoms with van der Waals surface area (Å²) in [5.41, 5.74) is 2.94. The highest BCUT2D eigenvalue weighted by Gasteiger charge is 2.25. The normalized spacial score (nSPS) is 19.3. The molecule has 1 aliphatic rings. The van der Waals surface area contributed by atoms with E-state index < -0.39 is 11.6 Å². The van der Waals surface area contributed by atoms with E-state index in [0.29, 0.717) is 28.2 Å². The van der Waals surface area contributed by atoms with Crippen molar-refractivity contribution in [3.05, 3.63) is 101 Å². The molecule has 0 spiro atoms. The summed E-state index contributed by atoms with van der Waals surface area (Å²) < 4.78 is 43.6. The molecule has 0 radical (unpaired) electrons. The van der Waals surface area contributed by atoms with Gasteiger partial charge < -0.3 is 0 Å². The lowest BCUT2D eigenvalue weighted by Gasteiger charge is -2.27. The Hall–Kier alpha value is -2.81. The van der Waals surface area contributed by atoms with Crippen LogP contribution in [0.3, 0.4) is 0 Å². The summed E-state index contributed by atoms with van der Waals surface area (Å²) in [5.74, 6) is -1.35. The number of halogens is 3. The van der Waals surface area contributed by atoms with Gasteiger partial charge in [-0.2, -0.15) is 0 Å². The fourth-order valence-electron chi connectivity index (χ4n) is 4.35. The van der Waals surface area contributed by atoms with Crippen LogP contribution in [0.4, 0.5) is 13.2 Å². The molecular weight excluding hydrogens is 381 g/mol. The van der Waals surface area contributed by atoms with Crippen LogP contribution in [0, 0.1) is 30.3 Å². The molecule has 0 heterocycles. The molecule has 0 N–H and O–H groups in total. The van der Waals surface area contributed by atoms with Gasteiger partial charge in [0.15, 0.2) is 11.6 Å². The monoisotopic (exact) mass is 406 g/mol. The van der Waals surface area contributed by atoms with Gasteiger partial charge in [0.25, 0.3) is 0 Å². The van der Waals surface area contributed by atoms with Crippen LogP contribution >= 0.6 is 0 Å². The van der Waals surface area contributed by atoms with E-state index in [1.165, 1.54) is 6.07 Å². The van der Waals surface area contributed by atoms with E-state index in [1.54, 1.807) is 30.3 Å². The lowest BCUT2D eigenvalue weighted by molar-refractivity contribution is 0.365. The SMILES string of the molecule is Cc1ccc(/C=C/C2CCC(c3ccc(-c4ccccc4)c(F)c3F)CC2)c(F)c1. The smallest absolute Gasteiger partial charge is 0.166 e. The zero-order valence-electron chi connectivity index (χ0n) is 17.0. The molecule has 3 aromatic carbocycles. The average molecular weight is 406 g/mol. The van der Waals surface area contributed by atoms with Crippen LogP contribution < -0.4 is 0 Å². The van der Waals surface area contributed by atoms with Gasteiger partial charge in [0.1, 0.15) is 5.82 Å². The Kier molecular flexibility index (Phi) is 6.08. The highest BCUT2D eigenvalue weighted by atomic mass is 19.2. The van der Waals surface area contributed by atoms with Crippen LogP contribution in [0.1, 0.15) is 48.3 Å². The minimum Gasteiger partial charge on any atom is -0.206 e. The van der Waals surface area contributed by atoms with Crippen molar-refractivity contribution in [3.63, 3.8) is 0 Å². The fourth-order valence-corrected chi connectivity index (χ4v) is 4.35. The van der Waals surface area contributed by atoms with Gasteiger partial charge in [-0.25, -0.2) is 13.2 Å². The van der Waals surface area contributed by atoms with Crippen molar-refractivity contribution in [3.8, 4) is 11.1 Å². The zero-order chi connectivity index (χ0) is 21.1. The summed E-state index contributed by atoms with van der Waals surface area (Å²) in [6, 6.07) is 17.7. The largest absolute Gasteiger partial charge is 0.206 e. The van der Waals surface area contributed by atoms with Gasteiger partial charge in [-0.1, -0.05) is 66.7 Å². The van der Waals surface area contributed by atoms with E-state index in [4.69, 9.17) is 0 Å². The quantitative estimate of drug-likeness (QED) is 0.411. The van der Waals surface area contributed by atoms with Crippen molar-refractivity contribution in [1.82, 2.24) is 0 Å². The third-order valence-corrected chi connectivity index (χ3v) is 6.11. The number of hydrogen-bond donors (Lipinski definition) is 0. The molecule has 0 atom stereocenters. The van der Waals surface area contributed by atoms with E-state index in [1.807, 2.05) is 37.3 Å². The predicted molar refractivity (Wildman–Crippen MR) is 117 cm³/mol. The number of benzene rings is 3. The van der Waals surface area contributed by atoms with E-state index in [9.17, 15) is 13.2 Å². The maximum Gasteiger partial charge on any atom is 0.166 e. The molecule has 3 aromatic rings. The van der Waals surface area contributed by atoms with E-state index >= 15 is 0 Å². The Morgan fingerprint density at radius 3 is 2.23 bits per heavy atom. The molecule has 1 saturated carbocycles. The highest BCUT2D eigenvalue weighted by molar-refractivity contribution is 5.64. The lowest BCUT2D eigenvalue weighted by Crippen LogP contribution is -2.13. The lowest BCUT2D eigenvalue weighted by atomic mass is 9.78. The second-order valence-corrected chi connectivity index (χ2v) is 8.19. The van der Waals surface area contributed by atoms with Crippen LogP contribution in [0.25, 0.3) is 17.2 Å². The summed E-state index contributed by atoms with van der Waals surface area (Å²) in [6.45, 7) is 1.87. The molecule has 0 aromatic heterocycles. The minimum absolute atomic E-state index is 0.0186.